The number of aromatic hydroxyl groups is 2. The summed E-state index contributed by atoms with van der Waals surface area (Å²) in [6.45, 7) is 14.9. The summed E-state index contributed by atoms with van der Waals surface area (Å²) in [7, 11) is 1.46. The smallest absolute Gasteiger partial charge is 0.312 e. The molecular formula is C43H58N2O12. The van der Waals surface area contributed by atoms with Gasteiger partial charge in [-0.2, -0.15) is 0 Å². The van der Waals surface area contributed by atoms with Crippen molar-refractivity contribution in [3.8, 4) is 17.2 Å². The molecule has 0 aromatic heterocycles. The molecule has 1 saturated heterocycles. The minimum Gasteiger partial charge on any atom is -0.507 e. The number of fused-ring (bicyclic) bond motifs is 14. The number of rotatable bonds is 4. The van der Waals surface area contributed by atoms with Gasteiger partial charge in [-0.1, -0.05) is 45.9 Å². The number of carbonyl (C=O) groups excluding carboxylic acids is 3. The molecule has 4 heterocycles. The topological polar surface area (TPSA) is 205 Å². The molecule has 1 fully saturated rings. The molecular weight excluding hydrogens is 736 g/mol. The lowest BCUT2D eigenvalue weighted by molar-refractivity contribution is -0.160. The molecule has 57 heavy (non-hydrogen) atoms. The maximum absolute atomic E-state index is 14.6. The number of amides is 1. The second-order valence-electron chi connectivity index (χ2n) is 16.1. The third kappa shape index (κ3) is 8.23. The Hall–Kier alpha value is -4.63. The van der Waals surface area contributed by atoms with Crippen LogP contribution in [-0.4, -0.2) is 99.2 Å². The second kappa shape index (κ2) is 17.1. The van der Waals surface area contributed by atoms with Gasteiger partial charge in [0.05, 0.1) is 53.4 Å². The first-order valence-corrected chi connectivity index (χ1v) is 19.6. The van der Waals surface area contributed by atoms with Gasteiger partial charge in [0.2, 0.25) is 0 Å². The van der Waals surface area contributed by atoms with Gasteiger partial charge in [-0.3, -0.25) is 14.4 Å². The van der Waals surface area contributed by atoms with Gasteiger partial charge >= 0.3 is 11.8 Å². The zero-order chi connectivity index (χ0) is 42.3. The first kappa shape index (κ1) is 43.5. The number of aliphatic hydroxyl groups excluding tert-OH is 3. The van der Waals surface area contributed by atoms with Crippen molar-refractivity contribution in [1.82, 2.24) is 0 Å². The van der Waals surface area contributed by atoms with Crippen LogP contribution in [0.5, 0.6) is 17.2 Å². The van der Waals surface area contributed by atoms with Crippen LogP contribution in [0.2, 0.25) is 0 Å². The molecule has 0 saturated carbocycles. The Morgan fingerprint density at radius 3 is 2.33 bits per heavy atom. The van der Waals surface area contributed by atoms with E-state index in [1.54, 1.807) is 66.7 Å². The quantitative estimate of drug-likeness (QED) is 0.170. The second-order valence-corrected chi connectivity index (χ2v) is 16.1. The number of allylic oxidation sites excluding steroid dienone is 2. The normalized spacial score (nSPS) is 33.9. The van der Waals surface area contributed by atoms with Gasteiger partial charge in [-0.15, -0.1) is 0 Å². The molecule has 1 unspecified atom stereocenters. The van der Waals surface area contributed by atoms with Crippen LogP contribution in [0.1, 0.15) is 84.2 Å². The number of benzene rings is 2. The summed E-state index contributed by atoms with van der Waals surface area (Å²) in [4.78, 5) is 42.5. The summed E-state index contributed by atoms with van der Waals surface area (Å²) in [6.07, 6.45) is 4.44. The zero-order valence-corrected chi connectivity index (χ0v) is 34.4. The van der Waals surface area contributed by atoms with Gasteiger partial charge in [0.15, 0.2) is 5.75 Å². The van der Waals surface area contributed by atoms with E-state index in [0.717, 1.165) is 0 Å². The van der Waals surface area contributed by atoms with E-state index in [0.29, 0.717) is 25.1 Å². The van der Waals surface area contributed by atoms with Crippen molar-refractivity contribution in [3.05, 3.63) is 53.3 Å². The highest BCUT2D eigenvalue weighted by Gasteiger charge is 2.50. The van der Waals surface area contributed by atoms with Crippen LogP contribution in [0.25, 0.3) is 10.8 Å². The van der Waals surface area contributed by atoms with E-state index in [-0.39, 0.29) is 50.7 Å². The summed E-state index contributed by atoms with van der Waals surface area (Å²) >= 11 is 0. The SMILES string of the molecule is CO[C@H]1/C=C/O[C@@]2(C)Oc3c(C)c(O)c4c(O)c(cc(N5CCC[C@@H]5[C@H](C)O)c4c3C2=O)NC(=O)/C(C)=C\C=C\[C@H](C)[C@H](O)[C@@H](C)[C@@H](O)[C@@H](C)C(OC(C)=O)[C@H]1C. The number of aliphatic hydroxyl groups is 3. The highest BCUT2D eigenvalue weighted by molar-refractivity contribution is 6.23. The van der Waals surface area contributed by atoms with Crippen molar-refractivity contribution in [1.29, 1.82) is 0 Å². The number of ether oxygens (including phenoxy) is 4. The van der Waals surface area contributed by atoms with E-state index in [1.807, 2.05) is 4.90 Å². The molecule has 5 bridgehead atoms. The Morgan fingerprint density at radius 2 is 1.70 bits per heavy atom. The number of nitrogens with one attached hydrogen (secondary N) is 1. The number of hydrogen-bond acceptors (Lipinski definition) is 13. The minimum absolute atomic E-state index is 0.0274. The standard InChI is InChI=1S/C43H58N2O12/c1-20-13-11-14-21(2)42(53)44-28-19-30(45-17-12-15-29(45)26(7)46)32-33(38(28)51)37(50)25(6)40-34(32)41(52)43(9,57-40)55-18-16-31(54-10)22(3)39(56-27(8)47)24(5)36(49)23(4)35(20)48/h11,13-14,16,18-20,22-24,26,29,31,35-36,39,46,48-51H,12,15,17H2,1-10H3,(H,44,53)/b13-11+,18-16+,21-14-/t20-,22-,23+,24+,26-,29+,31-,35-,36+,39?,43-/m0/s1. The molecule has 6 N–H and O–H groups in total. The maximum atomic E-state index is 14.6. The first-order valence-electron chi connectivity index (χ1n) is 19.6. The summed E-state index contributed by atoms with van der Waals surface area (Å²) < 4.78 is 23.8. The molecule has 14 nitrogen and oxygen atoms in total. The molecule has 14 heteroatoms. The first-order chi connectivity index (χ1) is 26.7. The predicted molar refractivity (Wildman–Crippen MR) is 214 cm³/mol. The number of Topliss-reactive ketones (excluding diaryl/α,β-unsaturated/α-hetero) is 1. The molecule has 2 aromatic rings. The zero-order valence-electron chi connectivity index (χ0n) is 34.4. The van der Waals surface area contributed by atoms with Crippen molar-refractivity contribution >= 4 is 39.8 Å². The van der Waals surface area contributed by atoms with Crippen LogP contribution in [-0.2, 0) is 23.8 Å². The minimum atomic E-state index is -1.95. The number of ketones is 1. The summed E-state index contributed by atoms with van der Waals surface area (Å²) in [5.41, 5.74) is 0.807. The van der Waals surface area contributed by atoms with E-state index in [1.165, 1.54) is 39.4 Å². The van der Waals surface area contributed by atoms with Crippen LogP contribution in [0.4, 0.5) is 11.4 Å². The van der Waals surface area contributed by atoms with E-state index in [2.05, 4.69) is 5.32 Å². The van der Waals surface area contributed by atoms with E-state index >= 15 is 0 Å². The van der Waals surface area contributed by atoms with Crippen molar-refractivity contribution in [2.45, 2.75) is 118 Å². The molecule has 0 aliphatic carbocycles. The van der Waals surface area contributed by atoms with Gasteiger partial charge in [0, 0.05) is 73.4 Å². The molecule has 6 rings (SSSR count). The number of carbonyl (C=O) groups is 3. The van der Waals surface area contributed by atoms with Crippen molar-refractivity contribution in [3.63, 3.8) is 0 Å². The van der Waals surface area contributed by atoms with Gasteiger partial charge in [0.1, 0.15) is 17.6 Å². The summed E-state index contributed by atoms with van der Waals surface area (Å²) in [6, 6.07) is 1.15. The maximum Gasteiger partial charge on any atom is 0.312 e. The molecule has 2 aromatic carbocycles. The van der Waals surface area contributed by atoms with Crippen LogP contribution in [0.15, 0.2) is 42.2 Å². The molecule has 4 aliphatic rings. The van der Waals surface area contributed by atoms with E-state index < -0.39 is 83.4 Å². The Balaban J connectivity index is 1.72. The van der Waals surface area contributed by atoms with E-state index in [4.69, 9.17) is 18.9 Å². The van der Waals surface area contributed by atoms with Gasteiger partial charge < -0.3 is 54.7 Å². The Labute approximate surface area is 333 Å². The van der Waals surface area contributed by atoms with Crippen LogP contribution in [0, 0.1) is 30.6 Å². The number of phenolic OH excluding ortho intramolecular Hbond substituents is 2. The number of esters is 1. The average Bonchev–Trinajstić information content (AvgIpc) is 3.76. The largest absolute Gasteiger partial charge is 0.507 e. The average molecular weight is 795 g/mol. The van der Waals surface area contributed by atoms with Crippen molar-refractivity contribution in [2.75, 3.05) is 23.9 Å². The lowest BCUT2D eigenvalue weighted by Gasteiger charge is -2.38. The molecule has 0 radical (unpaired) electrons. The number of nitrogens with zero attached hydrogens (tertiary/aromatic N) is 1. The van der Waals surface area contributed by atoms with Gasteiger partial charge in [-0.25, -0.2) is 0 Å². The van der Waals surface area contributed by atoms with Crippen LogP contribution < -0.4 is 15.0 Å². The van der Waals surface area contributed by atoms with E-state index in [9.17, 15) is 39.9 Å². The number of anilines is 2. The highest BCUT2D eigenvalue weighted by atomic mass is 16.7. The lowest BCUT2D eigenvalue weighted by atomic mass is 9.78. The number of phenols is 2. The molecule has 11 atom stereocenters. The summed E-state index contributed by atoms with van der Waals surface area (Å²) in [5, 5.41) is 60.0. The fraction of sp³-hybridized carbons (Fsp3) is 0.558. The Bertz CT molecular complexity index is 1970. The van der Waals surface area contributed by atoms with Crippen molar-refractivity contribution in [2.24, 2.45) is 23.7 Å². The van der Waals surface area contributed by atoms with Crippen molar-refractivity contribution < 1.29 is 58.9 Å². The summed E-state index contributed by atoms with van der Waals surface area (Å²) in [5.74, 6) is -6.89. The van der Waals surface area contributed by atoms with Crippen LogP contribution >= 0.6 is 0 Å². The van der Waals surface area contributed by atoms with Gasteiger partial charge in [0.25, 0.3) is 11.7 Å². The number of hydrogen-bond donors (Lipinski definition) is 6. The molecule has 1 amide bonds. The molecule has 4 aliphatic heterocycles. The fourth-order valence-corrected chi connectivity index (χ4v) is 8.47. The third-order valence-electron chi connectivity index (χ3n) is 12.0. The molecule has 0 spiro atoms. The number of methoxy groups -OCH3 is 1. The van der Waals surface area contributed by atoms with Crippen LogP contribution in [0.3, 0.4) is 0 Å². The molecule has 312 valence electrons. The predicted octanol–water partition coefficient (Wildman–Crippen LogP) is 5.40. The Morgan fingerprint density at radius 1 is 1.02 bits per heavy atom. The Kier molecular flexibility index (Phi) is 13.0. The highest BCUT2D eigenvalue weighted by Crippen LogP contribution is 2.54. The van der Waals surface area contributed by atoms with Gasteiger partial charge in [-0.05, 0) is 45.8 Å². The fourth-order valence-electron chi connectivity index (χ4n) is 8.47. The third-order valence-corrected chi connectivity index (χ3v) is 12.0. The monoisotopic (exact) mass is 794 g/mol. The lowest BCUT2D eigenvalue weighted by Crippen LogP contribution is -2.46.